The maximum Gasteiger partial charge on any atom is 0.333 e. The summed E-state index contributed by atoms with van der Waals surface area (Å²) in [5.74, 6) is -0.707. The number of tetrazole rings is 1. The summed E-state index contributed by atoms with van der Waals surface area (Å²) in [6.07, 6.45) is 7.46. The molecule has 1 N–H and O–H groups in total. The second kappa shape index (κ2) is 9.84. The highest BCUT2D eigenvalue weighted by Gasteiger charge is 2.38. The van der Waals surface area contributed by atoms with Crippen molar-refractivity contribution in [2.24, 2.45) is 0 Å². The summed E-state index contributed by atoms with van der Waals surface area (Å²) in [6, 6.07) is 7.82. The van der Waals surface area contributed by atoms with E-state index in [4.69, 9.17) is 11.6 Å². The number of amides is 1. The summed E-state index contributed by atoms with van der Waals surface area (Å²) < 4.78 is 43.2. The Balaban J connectivity index is 1.23. The van der Waals surface area contributed by atoms with Crippen molar-refractivity contribution in [2.45, 2.75) is 44.3 Å². The molecule has 2 aromatic carbocycles. The lowest BCUT2D eigenvalue weighted by molar-refractivity contribution is -0.120. The van der Waals surface area contributed by atoms with Crippen molar-refractivity contribution in [3.8, 4) is 5.69 Å². The summed E-state index contributed by atoms with van der Waals surface area (Å²) in [4.78, 5) is 15.4. The van der Waals surface area contributed by atoms with Crippen LogP contribution in [0.4, 0.5) is 18.9 Å². The fourth-order valence-electron chi connectivity index (χ4n) is 5.43. The molecule has 0 spiro atoms. The van der Waals surface area contributed by atoms with Gasteiger partial charge < -0.3 is 5.32 Å². The van der Waals surface area contributed by atoms with E-state index in [9.17, 15) is 13.6 Å². The Bertz CT molecular complexity index is 1540. The molecule has 0 saturated carbocycles. The van der Waals surface area contributed by atoms with Crippen molar-refractivity contribution >= 4 is 39.7 Å². The van der Waals surface area contributed by atoms with E-state index in [1.807, 2.05) is 6.08 Å². The number of fused-ring (bicyclic) bond motifs is 2. The van der Waals surface area contributed by atoms with Crippen LogP contribution in [0.3, 0.4) is 0 Å². The minimum atomic E-state index is -2.74. The molecule has 1 fully saturated rings. The summed E-state index contributed by atoms with van der Waals surface area (Å²) in [5, 5.41) is 18.5. The maximum absolute atomic E-state index is 15.3. The number of anilines is 1. The number of allylic oxidation sites excluding steroid dienone is 1. The molecule has 13 heteroatoms. The van der Waals surface area contributed by atoms with Crippen LogP contribution in [0.25, 0.3) is 22.2 Å². The number of halogens is 4. The fraction of sp³-hybridized carbons (Fsp3) is 0.320. The zero-order valence-corrected chi connectivity index (χ0v) is 20.7. The number of nitrogens with one attached hydrogen (secondary N) is 1. The minimum Gasteiger partial charge on any atom is -0.325 e. The third kappa shape index (κ3) is 4.43. The molecule has 1 saturated heterocycles. The van der Waals surface area contributed by atoms with Gasteiger partial charge in [0.15, 0.2) is 5.82 Å². The first-order chi connectivity index (χ1) is 18.4. The molecule has 0 bridgehead atoms. The molecule has 2 aromatic heterocycles. The second-order valence-corrected chi connectivity index (χ2v) is 9.78. The lowest BCUT2D eigenvalue weighted by Gasteiger charge is -2.27. The molecule has 0 aliphatic carbocycles. The van der Waals surface area contributed by atoms with Gasteiger partial charge in [0.1, 0.15) is 6.33 Å². The number of hydrogen-bond acceptors (Lipinski definition) is 6. The molecule has 196 valence electrons. The van der Waals surface area contributed by atoms with Crippen LogP contribution in [-0.2, 0) is 4.79 Å². The molecule has 9 nitrogen and oxygen atoms in total. The highest BCUT2D eigenvalue weighted by Crippen LogP contribution is 2.38. The van der Waals surface area contributed by atoms with Crippen molar-refractivity contribution in [1.82, 2.24) is 34.9 Å². The number of hydrogen-bond donors (Lipinski definition) is 1. The average molecular weight is 543 g/mol. The van der Waals surface area contributed by atoms with Crippen LogP contribution in [0.5, 0.6) is 0 Å². The van der Waals surface area contributed by atoms with E-state index in [0.29, 0.717) is 51.9 Å². The van der Waals surface area contributed by atoms with Gasteiger partial charge in [-0.3, -0.25) is 9.69 Å². The Morgan fingerprint density at radius 3 is 2.82 bits per heavy atom. The Hall–Kier alpha value is -3.77. The number of carbonyl (C=O) groups is 1. The predicted octanol–water partition coefficient (Wildman–Crippen LogP) is 4.85. The van der Waals surface area contributed by atoms with Crippen molar-refractivity contribution in [3.63, 3.8) is 0 Å². The van der Waals surface area contributed by atoms with E-state index in [1.54, 1.807) is 24.3 Å². The Labute approximate surface area is 219 Å². The van der Waals surface area contributed by atoms with Crippen LogP contribution < -0.4 is 5.32 Å². The SMILES string of the molecule is O=C(Nc1ccc2nn(C(F)F)cc2c1)[C@@H]1CC[C@H]2CCC(c3c(-n4cnnn4)ccc(Cl)c3F)=CCN21. The number of alkyl halides is 2. The smallest absolute Gasteiger partial charge is 0.325 e. The standard InChI is InChI=1S/C25H22ClF3N8O/c26-18-5-8-20(37-13-30-33-34-37)22(23(18)27)14-1-3-17-4-7-21(35(17)10-9-14)24(38)31-16-2-6-19-15(11-16)12-36(32-19)25(28)29/h2,5-6,8-9,11-13,17,21,25H,1,3-4,7,10H2,(H,31,38)/t17-,21+/m1/s1. The normalized spacial score (nSPS) is 20.0. The molecule has 1 amide bonds. The highest BCUT2D eigenvalue weighted by atomic mass is 35.5. The monoisotopic (exact) mass is 542 g/mol. The fourth-order valence-corrected chi connectivity index (χ4v) is 5.59. The van der Waals surface area contributed by atoms with Gasteiger partial charge in [-0.2, -0.15) is 18.6 Å². The van der Waals surface area contributed by atoms with Gasteiger partial charge in [-0.1, -0.05) is 17.7 Å². The number of carbonyl (C=O) groups excluding carboxylic acids is 1. The predicted molar refractivity (Wildman–Crippen MR) is 134 cm³/mol. The largest absolute Gasteiger partial charge is 0.333 e. The van der Waals surface area contributed by atoms with Gasteiger partial charge in [-0.25, -0.2) is 9.07 Å². The average Bonchev–Trinajstić information content (AvgIpc) is 3.64. The van der Waals surface area contributed by atoms with E-state index < -0.39 is 12.4 Å². The zero-order chi connectivity index (χ0) is 26.4. The van der Waals surface area contributed by atoms with Crippen LogP contribution in [0.1, 0.15) is 37.8 Å². The van der Waals surface area contributed by atoms with Crippen molar-refractivity contribution in [1.29, 1.82) is 0 Å². The van der Waals surface area contributed by atoms with Gasteiger partial charge in [0.2, 0.25) is 5.91 Å². The molecule has 4 heterocycles. The summed E-state index contributed by atoms with van der Waals surface area (Å²) >= 11 is 6.13. The third-order valence-corrected chi connectivity index (χ3v) is 7.51. The quantitative estimate of drug-likeness (QED) is 0.387. The number of nitrogens with zero attached hydrogens (tertiary/aromatic N) is 7. The van der Waals surface area contributed by atoms with Gasteiger partial charge in [-0.15, -0.1) is 5.10 Å². The molecular weight excluding hydrogens is 521 g/mol. The molecular formula is C25H22ClF3N8O. The lowest BCUT2D eigenvalue weighted by atomic mass is 9.96. The first kappa shape index (κ1) is 24.6. The molecule has 38 heavy (non-hydrogen) atoms. The van der Waals surface area contributed by atoms with Crippen molar-refractivity contribution < 1.29 is 18.0 Å². The van der Waals surface area contributed by atoms with Crippen LogP contribution >= 0.6 is 11.6 Å². The molecule has 2 aliphatic heterocycles. The zero-order valence-electron chi connectivity index (χ0n) is 19.9. The highest BCUT2D eigenvalue weighted by molar-refractivity contribution is 6.31. The van der Waals surface area contributed by atoms with Gasteiger partial charge in [0, 0.05) is 35.4 Å². The van der Waals surface area contributed by atoms with Gasteiger partial charge in [0.05, 0.1) is 22.3 Å². The van der Waals surface area contributed by atoms with Crippen molar-refractivity contribution in [2.75, 3.05) is 11.9 Å². The number of rotatable bonds is 5. The van der Waals surface area contributed by atoms with E-state index >= 15 is 4.39 Å². The van der Waals surface area contributed by atoms with Gasteiger partial charge in [-0.05, 0) is 72.0 Å². The molecule has 2 aliphatic rings. The molecule has 6 rings (SSSR count). The Morgan fingerprint density at radius 1 is 1.16 bits per heavy atom. The molecule has 2 atom stereocenters. The van der Waals surface area contributed by atoms with E-state index in [-0.39, 0.29) is 23.0 Å². The van der Waals surface area contributed by atoms with Gasteiger partial charge >= 0.3 is 6.55 Å². The third-order valence-electron chi connectivity index (χ3n) is 7.22. The topological polar surface area (TPSA) is 93.8 Å². The summed E-state index contributed by atoms with van der Waals surface area (Å²) in [7, 11) is 0. The minimum absolute atomic E-state index is 0.00999. The van der Waals surface area contributed by atoms with Gasteiger partial charge in [0.25, 0.3) is 0 Å². The lowest BCUT2D eigenvalue weighted by Crippen LogP contribution is -2.42. The van der Waals surface area contributed by atoms with E-state index in [2.05, 4.69) is 30.8 Å². The van der Waals surface area contributed by atoms with E-state index in [0.717, 1.165) is 18.4 Å². The van der Waals surface area contributed by atoms with Crippen LogP contribution in [0.2, 0.25) is 5.02 Å². The summed E-state index contributed by atoms with van der Waals surface area (Å²) in [6.45, 7) is -2.28. The summed E-state index contributed by atoms with van der Waals surface area (Å²) in [5.41, 5.74) is 2.56. The number of benzene rings is 2. The van der Waals surface area contributed by atoms with Crippen LogP contribution in [-0.4, -0.2) is 59.4 Å². The molecule has 0 unspecified atom stereocenters. The molecule has 0 radical (unpaired) electrons. The molecule has 4 aromatic rings. The Morgan fingerprint density at radius 2 is 2.03 bits per heavy atom. The van der Waals surface area contributed by atoms with Crippen LogP contribution in [0, 0.1) is 5.82 Å². The first-order valence-corrected chi connectivity index (χ1v) is 12.5. The van der Waals surface area contributed by atoms with E-state index in [1.165, 1.54) is 23.3 Å². The van der Waals surface area contributed by atoms with Crippen LogP contribution in [0.15, 0.2) is 48.9 Å². The number of aromatic nitrogens is 6. The second-order valence-electron chi connectivity index (χ2n) is 9.37. The maximum atomic E-state index is 15.3. The Kier molecular flexibility index (Phi) is 6.36. The van der Waals surface area contributed by atoms with Crippen molar-refractivity contribution in [3.05, 3.63) is 65.3 Å². The first-order valence-electron chi connectivity index (χ1n) is 12.1.